The van der Waals surface area contributed by atoms with E-state index < -0.39 is 30.9 Å². The van der Waals surface area contributed by atoms with Crippen molar-refractivity contribution in [3.05, 3.63) is 100.0 Å². The number of methoxy groups -OCH3 is 3. The summed E-state index contributed by atoms with van der Waals surface area (Å²) in [6.45, 7) is -0.950. The first-order chi connectivity index (χ1) is 23.8. The van der Waals surface area contributed by atoms with E-state index >= 15 is 0 Å². The van der Waals surface area contributed by atoms with Crippen LogP contribution >= 0.6 is 24.0 Å². The van der Waals surface area contributed by atoms with Crippen LogP contribution < -0.4 is 14.2 Å². The van der Waals surface area contributed by atoms with E-state index in [9.17, 15) is 14.4 Å². The van der Waals surface area contributed by atoms with Gasteiger partial charge in [-0.1, -0.05) is 60.4 Å². The molecule has 2 atom stereocenters. The number of benzene rings is 3. The number of rotatable bonds is 10. The Hall–Kier alpha value is -4.94. The molecule has 3 aromatic carbocycles. The van der Waals surface area contributed by atoms with E-state index in [1.165, 1.54) is 9.91 Å². The molecule has 2 heterocycles. The zero-order valence-corrected chi connectivity index (χ0v) is 28.9. The summed E-state index contributed by atoms with van der Waals surface area (Å²) in [5.74, 6) is 0.506. The minimum atomic E-state index is -0.749. The van der Waals surface area contributed by atoms with Crippen LogP contribution in [0, 0.1) is 5.92 Å². The van der Waals surface area contributed by atoms with Crippen molar-refractivity contribution in [2.45, 2.75) is 25.3 Å². The van der Waals surface area contributed by atoms with E-state index in [0.29, 0.717) is 16.4 Å². The molecule has 10 nitrogen and oxygen atoms in total. The average molecular weight is 698 g/mol. The van der Waals surface area contributed by atoms with Crippen LogP contribution in [0.2, 0.25) is 0 Å². The Labute approximate surface area is 294 Å². The molecule has 2 fully saturated rings. The highest BCUT2D eigenvalue weighted by Gasteiger charge is 2.44. The summed E-state index contributed by atoms with van der Waals surface area (Å²) >= 11 is 6.50. The molecule has 2 aliphatic heterocycles. The number of thioether (sulfide) groups is 1. The number of hydrogen-bond donors (Lipinski definition) is 0. The Morgan fingerprint density at radius 3 is 2.04 bits per heavy atom. The number of carbonyl (C=O) groups excluding carboxylic acids is 3. The Bertz CT molecular complexity index is 1840. The molecule has 1 saturated heterocycles. The minimum absolute atomic E-state index is 0.0428. The lowest BCUT2D eigenvalue weighted by Gasteiger charge is -2.29. The summed E-state index contributed by atoms with van der Waals surface area (Å²) in [6, 6.07) is 22.2. The number of fused-ring (bicyclic) bond motifs is 1. The fraction of sp³-hybridized carbons (Fsp3) is 0.270. The standard InChI is InChI=1S/C37H35N3O7S2/c1-44-27-13-7-23(8-14-27)19-26-5-4-6-30-34(26)38-40(35(30)25-11-17-29(46-3)18-12-25)32(41)22-47-33(42)21-39-36(43)31(49-37(39)48)20-24-9-15-28(45-2)16-10-24/h7-20,30,35H,4-6,21-22H2,1-3H3/b26-19-,31-20+/t30-,35+/m0/s1. The normalized spacial score (nSPS) is 20.3. The third-order valence-corrected chi connectivity index (χ3v) is 9.98. The van der Waals surface area contributed by atoms with Crippen molar-refractivity contribution in [1.29, 1.82) is 0 Å². The van der Waals surface area contributed by atoms with Crippen LogP contribution in [0.1, 0.15) is 42.0 Å². The number of esters is 1. The number of amides is 2. The second kappa shape index (κ2) is 15.1. The number of thiocarbonyl (C=S) groups is 1. The van der Waals surface area contributed by atoms with Gasteiger partial charge in [-0.3, -0.25) is 19.3 Å². The largest absolute Gasteiger partial charge is 0.497 e. The van der Waals surface area contributed by atoms with Gasteiger partial charge in [0.1, 0.15) is 28.1 Å². The number of allylic oxidation sites excluding steroid dienone is 1. The van der Waals surface area contributed by atoms with Gasteiger partial charge in [-0.25, -0.2) is 5.01 Å². The van der Waals surface area contributed by atoms with Gasteiger partial charge in [-0.2, -0.15) is 5.10 Å². The molecule has 1 aliphatic carbocycles. The summed E-state index contributed by atoms with van der Waals surface area (Å²) in [7, 11) is 4.81. The number of hydrogen-bond acceptors (Lipinski definition) is 10. The molecule has 2 amide bonds. The number of ether oxygens (including phenoxy) is 4. The first kappa shape index (κ1) is 33.9. The fourth-order valence-electron chi connectivity index (χ4n) is 6.11. The van der Waals surface area contributed by atoms with Crippen LogP contribution in [0.15, 0.2) is 88.4 Å². The van der Waals surface area contributed by atoms with Crippen LogP contribution in [-0.2, 0) is 19.1 Å². The van der Waals surface area contributed by atoms with Crippen LogP contribution in [0.25, 0.3) is 12.2 Å². The van der Waals surface area contributed by atoms with E-state index in [1.807, 2.05) is 60.7 Å². The van der Waals surface area contributed by atoms with Crippen molar-refractivity contribution in [3.8, 4) is 17.2 Å². The van der Waals surface area contributed by atoms with Crippen LogP contribution in [0.4, 0.5) is 0 Å². The quantitative estimate of drug-likeness (QED) is 0.138. The molecule has 0 N–H and O–H groups in total. The van der Waals surface area contributed by atoms with Crippen molar-refractivity contribution in [3.63, 3.8) is 0 Å². The molecule has 0 spiro atoms. The smallest absolute Gasteiger partial charge is 0.326 e. The van der Waals surface area contributed by atoms with E-state index in [0.717, 1.165) is 64.7 Å². The van der Waals surface area contributed by atoms with Gasteiger partial charge in [0, 0.05) is 5.92 Å². The molecule has 3 aliphatic rings. The first-order valence-electron chi connectivity index (χ1n) is 15.7. The highest BCUT2D eigenvalue weighted by molar-refractivity contribution is 8.26. The summed E-state index contributed by atoms with van der Waals surface area (Å²) < 4.78 is 21.5. The lowest BCUT2D eigenvalue weighted by atomic mass is 9.77. The van der Waals surface area contributed by atoms with Gasteiger partial charge in [0.2, 0.25) is 0 Å². The lowest BCUT2D eigenvalue weighted by molar-refractivity contribution is -0.154. The minimum Gasteiger partial charge on any atom is -0.497 e. The monoisotopic (exact) mass is 697 g/mol. The maximum Gasteiger partial charge on any atom is 0.326 e. The van der Waals surface area contributed by atoms with Gasteiger partial charge >= 0.3 is 5.97 Å². The maximum atomic E-state index is 13.8. The molecule has 6 rings (SSSR count). The Kier molecular flexibility index (Phi) is 10.4. The zero-order chi connectivity index (χ0) is 34.5. The van der Waals surface area contributed by atoms with E-state index in [4.69, 9.17) is 36.3 Å². The maximum absolute atomic E-state index is 13.8. The van der Waals surface area contributed by atoms with Crippen LogP contribution in [0.3, 0.4) is 0 Å². The van der Waals surface area contributed by atoms with Crippen molar-refractivity contribution in [2.24, 2.45) is 11.0 Å². The lowest BCUT2D eigenvalue weighted by Crippen LogP contribution is -2.37. The number of carbonyl (C=O) groups is 3. The van der Waals surface area contributed by atoms with Gasteiger partial charge < -0.3 is 18.9 Å². The van der Waals surface area contributed by atoms with Crippen molar-refractivity contribution in [1.82, 2.24) is 9.91 Å². The third-order valence-electron chi connectivity index (χ3n) is 8.60. The molecule has 0 unspecified atom stereocenters. The summed E-state index contributed by atoms with van der Waals surface area (Å²) in [4.78, 5) is 41.4. The van der Waals surface area contributed by atoms with Crippen LogP contribution in [0.5, 0.6) is 17.2 Å². The summed E-state index contributed by atoms with van der Waals surface area (Å²) in [5.41, 5.74) is 4.60. The molecule has 49 heavy (non-hydrogen) atoms. The second-order valence-corrected chi connectivity index (χ2v) is 13.3. The van der Waals surface area contributed by atoms with E-state index in [2.05, 4.69) is 6.08 Å². The zero-order valence-electron chi connectivity index (χ0n) is 27.3. The number of nitrogens with zero attached hydrogens (tertiary/aromatic N) is 3. The van der Waals surface area contributed by atoms with Gasteiger partial charge in [0.25, 0.3) is 11.8 Å². The van der Waals surface area contributed by atoms with Crippen LogP contribution in [-0.4, -0.2) is 72.2 Å². The van der Waals surface area contributed by atoms with Gasteiger partial charge in [0.05, 0.1) is 38.0 Å². The summed E-state index contributed by atoms with van der Waals surface area (Å²) in [5, 5.41) is 6.31. The van der Waals surface area contributed by atoms with Crippen molar-refractivity contribution in [2.75, 3.05) is 34.5 Å². The molecule has 0 aromatic heterocycles. The summed E-state index contributed by atoms with van der Waals surface area (Å²) in [6.07, 6.45) is 6.42. The predicted molar refractivity (Wildman–Crippen MR) is 192 cm³/mol. The Morgan fingerprint density at radius 1 is 0.878 bits per heavy atom. The fourth-order valence-corrected chi connectivity index (χ4v) is 7.37. The highest BCUT2D eigenvalue weighted by Crippen LogP contribution is 2.45. The molecule has 3 aromatic rings. The molecule has 1 saturated carbocycles. The van der Waals surface area contributed by atoms with Crippen molar-refractivity contribution < 1.29 is 33.3 Å². The number of hydrazone groups is 1. The SMILES string of the molecule is COc1ccc(/C=C2/CCC[C@H]3C2=NN(C(=O)COC(=O)CN2C(=O)/C(=C\c4ccc(OC)cc4)SC2=S)[C@@H]3c2ccc(OC)cc2)cc1. The third kappa shape index (κ3) is 7.55. The second-order valence-electron chi connectivity index (χ2n) is 11.6. The molecule has 12 heteroatoms. The molecule has 0 bridgehead atoms. The van der Waals surface area contributed by atoms with Gasteiger partial charge in [0.15, 0.2) is 6.61 Å². The molecule has 252 valence electrons. The first-order valence-corrected chi connectivity index (χ1v) is 16.9. The van der Waals surface area contributed by atoms with Gasteiger partial charge in [-0.05, 0) is 90.1 Å². The molecule has 0 radical (unpaired) electrons. The van der Waals surface area contributed by atoms with E-state index in [1.54, 1.807) is 39.5 Å². The Balaban J connectivity index is 1.17. The van der Waals surface area contributed by atoms with E-state index in [-0.39, 0.29) is 16.3 Å². The predicted octanol–water partition coefficient (Wildman–Crippen LogP) is 6.28. The molecular formula is C37H35N3O7S2. The average Bonchev–Trinajstić information content (AvgIpc) is 3.65. The van der Waals surface area contributed by atoms with Gasteiger partial charge in [-0.15, -0.1) is 0 Å². The Morgan fingerprint density at radius 2 is 1.45 bits per heavy atom. The topological polar surface area (TPSA) is 107 Å². The highest BCUT2D eigenvalue weighted by atomic mass is 32.2. The molecular weight excluding hydrogens is 663 g/mol. The van der Waals surface area contributed by atoms with Crippen molar-refractivity contribution >= 4 is 63.9 Å².